The minimum atomic E-state index is 0.0323. The number of hydrogen-bond acceptors (Lipinski definition) is 3. The Labute approximate surface area is 78.4 Å². The molecule has 0 aliphatic carbocycles. The van der Waals surface area contributed by atoms with E-state index >= 15 is 0 Å². The van der Waals surface area contributed by atoms with Crippen molar-refractivity contribution in [2.45, 2.75) is 6.54 Å². The zero-order valence-electron chi connectivity index (χ0n) is 6.70. The van der Waals surface area contributed by atoms with Gasteiger partial charge in [-0.05, 0) is 11.6 Å². The summed E-state index contributed by atoms with van der Waals surface area (Å²) in [6.45, 7) is 0.655. The van der Waals surface area contributed by atoms with Gasteiger partial charge in [0.25, 0.3) is 5.91 Å². The highest BCUT2D eigenvalue weighted by molar-refractivity contribution is 7.17. The summed E-state index contributed by atoms with van der Waals surface area (Å²) in [6.07, 6.45) is 0. The van der Waals surface area contributed by atoms with Crippen LogP contribution in [-0.4, -0.2) is 10.9 Å². The second-order valence-corrected chi connectivity index (χ2v) is 3.84. The second-order valence-electron chi connectivity index (χ2n) is 2.98. The maximum Gasteiger partial charge on any atom is 0.253 e. The summed E-state index contributed by atoms with van der Waals surface area (Å²) in [5.74, 6) is 0.0323. The van der Waals surface area contributed by atoms with Crippen LogP contribution < -0.4 is 5.32 Å². The quantitative estimate of drug-likeness (QED) is 0.684. The first-order chi connectivity index (χ1) is 6.36. The Bertz CT molecular complexity index is 503. The number of amides is 1. The number of nitrogens with zero attached hydrogens (tertiary/aromatic N) is 1. The van der Waals surface area contributed by atoms with Gasteiger partial charge in [0.05, 0.1) is 21.3 Å². The largest absolute Gasteiger partial charge is 0.348 e. The van der Waals surface area contributed by atoms with Crippen LogP contribution in [0, 0.1) is 0 Å². The fraction of sp³-hybridized carbons (Fsp3) is 0.111. The van der Waals surface area contributed by atoms with Crippen molar-refractivity contribution in [3.63, 3.8) is 0 Å². The van der Waals surface area contributed by atoms with Crippen LogP contribution >= 0.6 is 11.3 Å². The number of fused-ring (bicyclic) bond motifs is 3. The molecule has 1 aliphatic rings. The summed E-state index contributed by atoms with van der Waals surface area (Å²) in [4.78, 5) is 15.6. The maximum absolute atomic E-state index is 11.4. The van der Waals surface area contributed by atoms with Gasteiger partial charge in [-0.15, -0.1) is 11.3 Å². The minimum Gasteiger partial charge on any atom is -0.348 e. The van der Waals surface area contributed by atoms with Gasteiger partial charge in [0, 0.05) is 6.54 Å². The lowest BCUT2D eigenvalue weighted by Gasteiger charge is -1.94. The van der Waals surface area contributed by atoms with Crippen molar-refractivity contribution in [1.29, 1.82) is 0 Å². The van der Waals surface area contributed by atoms with E-state index in [2.05, 4.69) is 10.3 Å². The predicted molar refractivity (Wildman–Crippen MR) is 50.8 cm³/mol. The van der Waals surface area contributed by atoms with Gasteiger partial charge in [0.2, 0.25) is 0 Å². The molecule has 2 aromatic rings. The molecular formula is C9H6N2OS. The first-order valence-corrected chi connectivity index (χ1v) is 4.87. The number of nitrogens with one attached hydrogen (secondary N) is 1. The highest BCUT2D eigenvalue weighted by Gasteiger charge is 2.22. The summed E-state index contributed by atoms with van der Waals surface area (Å²) in [5.41, 5.74) is 4.60. The molecule has 0 saturated carbocycles. The van der Waals surface area contributed by atoms with Gasteiger partial charge in [-0.3, -0.25) is 4.79 Å². The van der Waals surface area contributed by atoms with E-state index < -0.39 is 0 Å². The van der Waals surface area contributed by atoms with Crippen molar-refractivity contribution in [1.82, 2.24) is 10.3 Å². The highest BCUT2D eigenvalue weighted by Crippen LogP contribution is 2.28. The molecule has 64 valence electrons. The number of thiazole rings is 1. The summed E-state index contributed by atoms with van der Waals surface area (Å²) in [7, 11) is 0. The third kappa shape index (κ3) is 0.833. The number of carbonyl (C=O) groups is 1. The van der Waals surface area contributed by atoms with Crippen molar-refractivity contribution in [3.05, 3.63) is 28.8 Å². The Hall–Kier alpha value is -1.42. The van der Waals surface area contributed by atoms with E-state index in [9.17, 15) is 4.79 Å². The SMILES string of the molecule is O=C1NCc2ccc3ncsc3c21. The Morgan fingerprint density at radius 3 is 3.31 bits per heavy atom. The van der Waals surface area contributed by atoms with Crippen LogP contribution in [0.2, 0.25) is 0 Å². The van der Waals surface area contributed by atoms with E-state index in [0.29, 0.717) is 6.54 Å². The van der Waals surface area contributed by atoms with Gasteiger partial charge in [-0.25, -0.2) is 4.98 Å². The molecule has 1 aromatic carbocycles. The Morgan fingerprint density at radius 2 is 2.38 bits per heavy atom. The Kier molecular flexibility index (Phi) is 1.24. The number of rotatable bonds is 0. The van der Waals surface area contributed by atoms with E-state index in [1.54, 1.807) is 5.51 Å². The van der Waals surface area contributed by atoms with Crippen molar-refractivity contribution < 1.29 is 4.79 Å². The first-order valence-electron chi connectivity index (χ1n) is 3.99. The number of hydrogen-bond donors (Lipinski definition) is 1. The molecule has 0 unspecified atom stereocenters. The zero-order valence-corrected chi connectivity index (χ0v) is 7.52. The highest BCUT2D eigenvalue weighted by atomic mass is 32.1. The molecule has 2 heterocycles. The van der Waals surface area contributed by atoms with Gasteiger partial charge < -0.3 is 5.32 Å². The van der Waals surface area contributed by atoms with Crippen LogP contribution in [0.5, 0.6) is 0 Å². The summed E-state index contributed by atoms with van der Waals surface area (Å²) in [5, 5.41) is 2.81. The number of carbonyl (C=O) groups excluding carboxylic acids is 1. The summed E-state index contributed by atoms with van der Waals surface area (Å²) >= 11 is 1.52. The number of benzene rings is 1. The van der Waals surface area contributed by atoms with Crippen LogP contribution in [0.15, 0.2) is 17.6 Å². The van der Waals surface area contributed by atoms with Crippen molar-refractivity contribution in [3.8, 4) is 0 Å². The van der Waals surface area contributed by atoms with Gasteiger partial charge in [-0.1, -0.05) is 6.07 Å². The molecule has 0 radical (unpaired) electrons. The van der Waals surface area contributed by atoms with Gasteiger partial charge >= 0.3 is 0 Å². The fourth-order valence-electron chi connectivity index (χ4n) is 1.63. The van der Waals surface area contributed by atoms with E-state index in [0.717, 1.165) is 21.3 Å². The molecule has 13 heavy (non-hydrogen) atoms. The molecule has 3 rings (SSSR count). The van der Waals surface area contributed by atoms with Gasteiger partial charge in [0.15, 0.2) is 0 Å². The van der Waals surface area contributed by atoms with Crippen molar-refractivity contribution in [2.75, 3.05) is 0 Å². The van der Waals surface area contributed by atoms with E-state index in [4.69, 9.17) is 0 Å². The van der Waals surface area contributed by atoms with E-state index in [1.807, 2.05) is 12.1 Å². The molecule has 4 heteroatoms. The molecule has 0 bridgehead atoms. The predicted octanol–water partition coefficient (Wildman–Crippen LogP) is 1.54. The van der Waals surface area contributed by atoms with Crippen molar-refractivity contribution >= 4 is 27.5 Å². The van der Waals surface area contributed by atoms with Crippen LogP contribution in [0.1, 0.15) is 15.9 Å². The minimum absolute atomic E-state index is 0.0323. The monoisotopic (exact) mass is 190 g/mol. The molecule has 1 aromatic heterocycles. The Balaban J connectivity index is 2.49. The Morgan fingerprint density at radius 1 is 1.46 bits per heavy atom. The number of aromatic nitrogens is 1. The second kappa shape index (κ2) is 2.29. The fourth-order valence-corrected chi connectivity index (χ4v) is 2.48. The summed E-state index contributed by atoms with van der Waals surface area (Å²) < 4.78 is 1.01. The first kappa shape index (κ1) is 7.03. The van der Waals surface area contributed by atoms with Crippen molar-refractivity contribution in [2.24, 2.45) is 0 Å². The van der Waals surface area contributed by atoms with Crippen LogP contribution in [0.25, 0.3) is 10.2 Å². The molecular weight excluding hydrogens is 184 g/mol. The zero-order chi connectivity index (χ0) is 8.84. The van der Waals surface area contributed by atoms with E-state index in [1.165, 1.54) is 11.3 Å². The molecule has 1 aliphatic heterocycles. The smallest absolute Gasteiger partial charge is 0.253 e. The van der Waals surface area contributed by atoms with Crippen LogP contribution in [0.3, 0.4) is 0 Å². The normalized spacial score (nSPS) is 14.6. The topological polar surface area (TPSA) is 42.0 Å². The van der Waals surface area contributed by atoms with Crippen LogP contribution in [0.4, 0.5) is 0 Å². The molecule has 0 spiro atoms. The molecule has 0 fully saturated rings. The standard InChI is InChI=1S/C9H6N2OS/c12-9-7-5(3-10-9)1-2-6-8(7)13-4-11-6/h1-2,4H,3H2,(H,10,12). The lowest BCUT2D eigenvalue weighted by atomic mass is 10.1. The lowest BCUT2D eigenvalue weighted by molar-refractivity contribution is 0.0967. The van der Waals surface area contributed by atoms with E-state index in [-0.39, 0.29) is 5.91 Å². The lowest BCUT2D eigenvalue weighted by Crippen LogP contribution is -2.12. The third-order valence-corrected chi connectivity index (χ3v) is 3.11. The molecule has 0 atom stereocenters. The van der Waals surface area contributed by atoms with Gasteiger partial charge in [0.1, 0.15) is 0 Å². The molecule has 1 N–H and O–H groups in total. The molecule has 1 amide bonds. The van der Waals surface area contributed by atoms with Gasteiger partial charge in [-0.2, -0.15) is 0 Å². The third-order valence-electron chi connectivity index (χ3n) is 2.25. The van der Waals surface area contributed by atoms with Crippen LogP contribution in [-0.2, 0) is 6.54 Å². The average Bonchev–Trinajstić information content (AvgIpc) is 2.70. The molecule has 0 saturated heterocycles. The average molecular weight is 190 g/mol. The summed E-state index contributed by atoms with van der Waals surface area (Å²) in [6, 6.07) is 3.93. The maximum atomic E-state index is 11.4. The molecule has 3 nitrogen and oxygen atoms in total.